The molecule has 0 aliphatic heterocycles. The molecule has 0 aromatic carbocycles. The maximum atomic E-state index is 3.86. The lowest BCUT2D eigenvalue weighted by atomic mass is 9.83. The molecule has 0 unspecified atom stereocenters. The predicted molar refractivity (Wildman–Crippen MR) is 85.5 cm³/mol. The van der Waals surface area contributed by atoms with Crippen LogP contribution in [0.15, 0.2) is 0 Å². The van der Waals surface area contributed by atoms with Crippen molar-refractivity contribution in [3.05, 3.63) is 0 Å². The Bertz CT molecular complexity index is 197. The molecule has 1 rings (SSSR count). The zero-order chi connectivity index (χ0) is 13.4. The van der Waals surface area contributed by atoms with Gasteiger partial charge >= 0.3 is 0 Å². The Kier molecular flexibility index (Phi) is 7.70. The van der Waals surface area contributed by atoms with E-state index in [-0.39, 0.29) is 0 Å². The maximum absolute atomic E-state index is 3.86. The average Bonchev–Trinajstić information content (AvgIpc) is 2.43. The van der Waals surface area contributed by atoms with Gasteiger partial charge < -0.3 is 5.32 Å². The molecular formula is C16H33NS. The summed E-state index contributed by atoms with van der Waals surface area (Å²) in [5.41, 5.74) is 0. The first-order valence-corrected chi connectivity index (χ1v) is 9.20. The Morgan fingerprint density at radius 1 is 1.06 bits per heavy atom. The van der Waals surface area contributed by atoms with Crippen LogP contribution in [0.2, 0.25) is 0 Å². The summed E-state index contributed by atoms with van der Waals surface area (Å²) in [6, 6.07) is 0.794. The van der Waals surface area contributed by atoms with E-state index in [2.05, 4.69) is 44.1 Å². The first-order chi connectivity index (χ1) is 8.69. The van der Waals surface area contributed by atoms with Gasteiger partial charge in [0.1, 0.15) is 0 Å². The summed E-state index contributed by atoms with van der Waals surface area (Å²) >= 11 is 2.05. The van der Waals surface area contributed by atoms with Crippen molar-refractivity contribution in [3.63, 3.8) is 0 Å². The standard InChI is InChI=1S/C16H33NS/c1-5-8-14-9-11-15(12-10-14)17-13-16(6-2,7-3)18-4/h14-15,17H,5-13H2,1-4H3. The molecule has 0 radical (unpaired) electrons. The molecular weight excluding hydrogens is 238 g/mol. The Labute approximate surface area is 119 Å². The van der Waals surface area contributed by atoms with Gasteiger partial charge in [-0.15, -0.1) is 0 Å². The van der Waals surface area contributed by atoms with Crippen LogP contribution in [0.5, 0.6) is 0 Å². The van der Waals surface area contributed by atoms with Gasteiger partial charge in [-0.1, -0.05) is 33.6 Å². The minimum atomic E-state index is 0.472. The van der Waals surface area contributed by atoms with E-state index in [9.17, 15) is 0 Å². The lowest BCUT2D eigenvalue weighted by Gasteiger charge is -2.35. The second-order valence-electron chi connectivity index (χ2n) is 5.98. The van der Waals surface area contributed by atoms with Crippen LogP contribution in [0.1, 0.15) is 72.1 Å². The first-order valence-electron chi connectivity index (χ1n) is 7.98. The molecule has 2 heteroatoms. The van der Waals surface area contributed by atoms with Gasteiger partial charge in [-0.2, -0.15) is 11.8 Å². The molecule has 0 saturated heterocycles. The summed E-state index contributed by atoms with van der Waals surface area (Å²) in [5, 5.41) is 3.86. The topological polar surface area (TPSA) is 12.0 Å². The van der Waals surface area contributed by atoms with Crippen molar-refractivity contribution >= 4 is 11.8 Å². The van der Waals surface area contributed by atoms with Crippen molar-refractivity contribution in [2.75, 3.05) is 12.8 Å². The van der Waals surface area contributed by atoms with Crippen LogP contribution < -0.4 is 5.32 Å². The van der Waals surface area contributed by atoms with E-state index in [4.69, 9.17) is 0 Å². The van der Waals surface area contributed by atoms with Crippen molar-refractivity contribution in [2.45, 2.75) is 82.9 Å². The normalized spacial score (nSPS) is 25.3. The van der Waals surface area contributed by atoms with Gasteiger partial charge in [-0.3, -0.25) is 0 Å². The quantitative estimate of drug-likeness (QED) is 0.677. The fourth-order valence-corrected chi connectivity index (χ4v) is 4.06. The minimum Gasteiger partial charge on any atom is -0.313 e. The third kappa shape index (κ3) is 4.77. The summed E-state index contributed by atoms with van der Waals surface area (Å²) in [4.78, 5) is 0. The van der Waals surface area contributed by atoms with Crippen LogP contribution in [-0.2, 0) is 0 Å². The molecule has 1 aliphatic carbocycles. The van der Waals surface area contributed by atoms with E-state index in [1.807, 2.05) is 0 Å². The van der Waals surface area contributed by atoms with Gasteiger partial charge in [0.25, 0.3) is 0 Å². The highest BCUT2D eigenvalue weighted by Gasteiger charge is 2.27. The van der Waals surface area contributed by atoms with Gasteiger partial charge in [0.2, 0.25) is 0 Å². The lowest BCUT2D eigenvalue weighted by Crippen LogP contribution is -2.43. The molecule has 0 aromatic rings. The molecule has 108 valence electrons. The predicted octanol–water partition coefficient (Wildman–Crippen LogP) is 4.86. The van der Waals surface area contributed by atoms with Crippen molar-refractivity contribution in [1.29, 1.82) is 0 Å². The van der Waals surface area contributed by atoms with Crippen LogP contribution >= 0.6 is 11.8 Å². The fourth-order valence-electron chi connectivity index (χ4n) is 3.25. The summed E-state index contributed by atoms with van der Waals surface area (Å²) in [6.07, 6.45) is 13.4. The van der Waals surface area contributed by atoms with Gasteiger partial charge in [-0.25, -0.2) is 0 Å². The summed E-state index contributed by atoms with van der Waals surface area (Å²) in [6.45, 7) is 8.18. The number of hydrogen-bond acceptors (Lipinski definition) is 2. The van der Waals surface area contributed by atoms with Gasteiger partial charge in [0, 0.05) is 17.3 Å². The number of hydrogen-bond donors (Lipinski definition) is 1. The van der Waals surface area contributed by atoms with Crippen LogP contribution in [0, 0.1) is 5.92 Å². The van der Waals surface area contributed by atoms with Crippen LogP contribution in [0.4, 0.5) is 0 Å². The number of nitrogens with one attached hydrogen (secondary N) is 1. The molecule has 1 nitrogen and oxygen atoms in total. The highest BCUT2D eigenvalue weighted by atomic mass is 32.2. The molecule has 0 aromatic heterocycles. The molecule has 1 aliphatic rings. The van der Waals surface area contributed by atoms with Gasteiger partial charge in [-0.05, 0) is 50.7 Å². The smallest absolute Gasteiger partial charge is 0.0276 e. The maximum Gasteiger partial charge on any atom is 0.0276 e. The average molecular weight is 272 g/mol. The van der Waals surface area contributed by atoms with Crippen LogP contribution in [-0.4, -0.2) is 23.6 Å². The van der Waals surface area contributed by atoms with Crippen molar-refractivity contribution in [2.24, 2.45) is 5.92 Å². The Hall–Kier alpha value is 0.310. The van der Waals surface area contributed by atoms with Crippen molar-refractivity contribution in [3.8, 4) is 0 Å². The molecule has 0 bridgehead atoms. The zero-order valence-electron chi connectivity index (χ0n) is 12.9. The summed E-state index contributed by atoms with van der Waals surface area (Å²) < 4.78 is 0.472. The molecule has 0 heterocycles. The van der Waals surface area contributed by atoms with Crippen molar-refractivity contribution < 1.29 is 0 Å². The first kappa shape index (κ1) is 16.4. The monoisotopic (exact) mass is 271 g/mol. The van der Waals surface area contributed by atoms with E-state index >= 15 is 0 Å². The molecule has 1 saturated carbocycles. The largest absolute Gasteiger partial charge is 0.313 e. The van der Waals surface area contributed by atoms with E-state index in [0.29, 0.717) is 4.75 Å². The SMILES string of the molecule is CCCC1CCC(NCC(CC)(CC)SC)CC1. The highest BCUT2D eigenvalue weighted by Crippen LogP contribution is 2.31. The number of rotatable bonds is 8. The Morgan fingerprint density at radius 2 is 1.67 bits per heavy atom. The molecule has 18 heavy (non-hydrogen) atoms. The fraction of sp³-hybridized carbons (Fsp3) is 1.00. The molecule has 1 N–H and O–H groups in total. The van der Waals surface area contributed by atoms with Crippen LogP contribution in [0.25, 0.3) is 0 Å². The number of thioether (sulfide) groups is 1. The second kappa shape index (κ2) is 8.47. The van der Waals surface area contributed by atoms with Crippen molar-refractivity contribution in [1.82, 2.24) is 5.32 Å². The van der Waals surface area contributed by atoms with E-state index < -0.39 is 0 Å². The summed E-state index contributed by atoms with van der Waals surface area (Å²) in [7, 11) is 0. The van der Waals surface area contributed by atoms with Gasteiger partial charge in [0.15, 0.2) is 0 Å². The van der Waals surface area contributed by atoms with Gasteiger partial charge in [0.05, 0.1) is 0 Å². The molecule has 0 atom stereocenters. The molecule has 1 fully saturated rings. The Balaban J connectivity index is 2.28. The minimum absolute atomic E-state index is 0.472. The third-order valence-electron chi connectivity index (χ3n) is 4.98. The Morgan fingerprint density at radius 3 is 2.11 bits per heavy atom. The molecule has 0 amide bonds. The zero-order valence-corrected chi connectivity index (χ0v) is 13.7. The lowest BCUT2D eigenvalue weighted by molar-refractivity contribution is 0.272. The highest BCUT2D eigenvalue weighted by molar-refractivity contribution is 8.00. The van der Waals surface area contributed by atoms with E-state index in [1.54, 1.807) is 0 Å². The molecule has 0 spiro atoms. The third-order valence-corrected chi connectivity index (χ3v) is 6.57. The summed E-state index contributed by atoms with van der Waals surface area (Å²) in [5.74, 6) is 1.02. The van der Waals surface area contributed by atoms with E-state index in [0.717, 1.165) is 12.0 Å². The second-order valence-corrected chi connectivity index (χ2v) is 7.26. The van der Waals surface area contributed by atoms with E-state index in [1.165, 1.54) is 57.9 Å². The van der Waals surface area contributed by atoms with Crippen LogP contribution in [0.3, 0.4) is 0 Å².